The Hall–Kier alpha value is -1.73. The lowest BCUT2D eigenvalue weighted by molar-refractivity contribution is -0.132. The van der Waals surface area contributed by atoms with E-state index in [-0.39, 0.29) is 18.0 Å². The number of carbonyl (C=O) groups excluding carboxylic acids is 1. The smallest absolute Gasteiger partial charge is 0.263 e. The van der Waals surface area contributed by atoms with Gasteiger partial charge in [-0.3, -0.25) is 14.2 Å². The summed E-state index contributed by atoms with van der Waals surface area (Å²) in [5, 5.41) is 0.653. The van der Waals surface area contributed by atoms with Crippen LogP contribution < -0.4 is 5.56 Å². The number of nitrogens with zero attached hydrogens (tertiary/aromatic N) is 4. The Morgan fingerprint density at radius 2 is 1.77 bits per heavy atom. The maximum absolute atomic E-state index is 13.2. The van der Waals surface area contributed by atoms with E-state index in [1.54, 1.807) is 15.9 Å². The first-order valence-electron chi connectivity index (χ1n) is 9.22. The second kappa shape index (κ2) is 8.77. The molecule has 144 valence electrons. The van der Waals surface area contributed by atoms with Crippen molar-refractivity contribution in [1.29, 1.82) is 0 Å². The standard InChI is InChI=1S/C19H30N4O2S/c1-7-9-22(10-8-2)16(24)12-23-15(11-21(5)6)20-18-17(19(23)25)13(3)14(4)26-18/h7-12H2,1-6H3. The second-order valence-electron chi connectivity index (χ2n) is 7.00. The maximum atomic E-state index is 13.2. The summed E-state index contributed by atoms with van der Waals surface area (Å²) < 4.78 is 1.57. The molecule has 0 aromatic carbocycles. The molecule has 2 rings (SSSR count). The highest BCUT2D eigenvalue weighted by Crippen LogP contribution is 2.26. The number of hydrogen-bond donors (Lipinski definition) is 0. The third-order valence-corrected chi connectivity index (χ3v) is 5.56. The molecular formula is C19H30N4O2S. The molecule has 0 spiro atoms. The van der Waals surface area contributed by atoms with E-state index in [1.807, 2.05) is 37.7 Å². The molecule has 0 saturated carbocycles. The zero-order chi connectivity index (χ0) is 19.4. The molecule has 26 heavy (non-hydrogen) atoms. The van der Waals surface area contributed by atoms with Gasteiger partial charge in [0.25, 0.3) is 5.56 Å². The van der Waals surface area contributed by atoms with Gasteiger partial charge in [-0.15, -0.1) is 11.3 Å². The number of rotatable bonds is 8. The largest absolute Gasteiger partial charge is 0.341 e. The summed E-state index contributed by atoms with van der Waals surface area (Å²) in [6, 6.07) is 0. The minimum absolute atomic E-state index is 0.0124. The van der Waals surface area contributed by atoms with Crippen LogP contribution in [-0.4, -0.2) is 52.4 Å². The normalized spacial score (nSPS) is 11.5. The zero-order valence-electron chi connectivity index (χ0n) is 16.8. The highest BCUT2D eigenvalue weighted by Gasteiger charge is 2.20. The molecule has 1 amide bonds. The third kappa shape index (κ3) is 4.32. The molecule has 2 aromatic rings. The van der Waals surface area contributed by atoms with Crippen LogP contribution in [0.2, 0.25) is 0 Å². The molecule has 2 aromatic heterocycles. The Morgan fingerprint density at radius 3 is 2.31 bits per heavy atom. The van der Waals surface area contributed by atoms with Crippen LogP contribution in [-0.2, 0) is 17.9 Å². The molecule has 7 heteroatoms. The number of hydrogen-bond acceptors (Lipinski definition) is 5. The summed E-state index contributed by atoms with van der Waals surface area (Å²) in [5.74, 6) is 0.636. The van der Waals surface area contributed by atoms with E-state index in [1.165, 1.54) is 0 Å². The van der Waals surface area contributed by atoms with Gasteiger partial charge in [-0.05, 0) is 46.3 Å². The van der Waals surface area contributed by atoms with Crippen molar-refractivity contribution in [1.82, 2.24) is 19.4 Å². The fourth-order valence-corrected chi connectivity index (χ4v) is 4.11. The fourth-order valence-electron chi connectivity index (χ4n) is 3.07. The second-order valence-corrected chi connectivity index (χ2v) is 8.20. The molecule has 0 aliphatic rings. The highest BCUT2D eigenvalue weighted by atomic mass is 32.1. The van der Waals surface area contributed by atoms with E-state index in [4.69, 9.17) is 4.98 Å². The molecule has 0 fully saturated rings. The van der Waals surface area contributed by atoms with Crippen molar-refractivity contribution in [2.45, 2.75) is 53.6 Å². The fraction of sp³-hybridized carbons (Fsp3) is 0.632. The van der Waals surface area contributed by atoms with Crippen molar-refractivity contribution >= 4 is 27.5 Å². The molecule has 6 nitrogen and oxygen atoms in total. The number of amides is 1. The topological polar surface area (TPSA) is 58.4 Å². The minimum Gasteiger partial charge on any atom is -0.341 e. The molecule has 0 saturated heterocycles. The van der Waals surface area contributed by atoms with Crippen LogP contribution in [0.25, 0.3) is 10.2 Å². The van der Waals surface area contributed by atoms with Gasteiger partial charge in [-0.2, -0.15) is 0 Å². The molecular weight excluding hydrogens is 348 g/mol. The summed E-state index contributed by atoms with van der Waals surface area (Å²) >= 11 is 1.55. The van der Waals surface area contributed by atoms with Crippen molar-refractivity contribution in [2.75, 3.05) is 27.2 Å². The lowest BCUT2D eigenvalue weighted by Gasteiger charge is -2.23. The van der Waals surface area contributed by atoms with Gasteiger partial charge in [-0.1, -0.05) is 13.8 Å². The van der Waals surface area contributed by atoms with Gasteiger partial charge in [-0.25, -0.2) is 4.98 Å². The average Bonchev–Trinajstić information content (AvgIpc) is 2.84. The van der Waals surface area contributed by atoms with Crippen LogP contribution in [0, 0.1) is 13.8 Å². The predicted octanol–water partition coefficient (Wildman–Crippen LogP) is 2.79. The van der Waals surface area contributed by atoms with Crippen LogP contribution in [0.5, 0.6) is 0 Å². The summed E-state index contributed by atoms with van der Waals surface area (Å²) in [5.41, 5.74) is 0.870. The van der Waals surface area contributed by atoms with Gasteiger partial charge in [0.2, 0.25) is 5.91 Å². The van der Waals surface area contributed by atoms with Crippen LogP contribution in [0.3, 0.4) is 0 Å². The summed E-state index contributed by atoms with van der Waals surface area (Å²) in [6.45, 7) is 10.1. The Balaban J connectivity index is 2.52. The van der Waals surface area contributed by atoms with E-state index in [0.29, 0.717) is 17.8 Å². The highest BCUT2D eigenvalue weighted by molar-refractivity contribution is 7.18. The van der Waals surface area contributed by atoms with Gasteiger partial charge >= 0.3 is 0 Å². The van der Waals surface area contributed by atoms with E-state index in [2.05, 4.69) is 13.8 Å². The summed E-state index contributed by atoms with van der Waals surface area (Å²) in [4.78, 5) is 36.4. The first-order valence-corrected chi connectivity index (χ1v) is 10.0. The molecule has 0 radical (unpaired) electrons. The van der Waals surface area contributed by atoms with Crippen molar-refractivity contribution in [2.24, 2.45) is 0 Å². The van der Waals surface area contributed by atoms with Crippen LogP contribution >= 0.6 is 11.3 Å². The first-order chi connectivity index (χ1) is 12.3. The van der Waals surface area contributed by atoms with Crippen LogP contribution in [0.15, 0.2) is 4.79 Å². The van der Waals surface area contributed by atoms with Gasteiger partial charge in [0, 0.05) is 18.0 Å². The lowest BCUT2D eigenvalue weighted by Crippen LogP contribution is -2.39. The zero-order valence-corrected chi connectivity index (χ0v) is 17.6. The number of thiophene rings is 1. The van der Waals surface area contributed by atoms with Crippen molar-refractivity contribution in [3.63, 3.8) is 0 Å². The van der Waals surface area contributed by atoms with Crippen molar-refractivity contribution in [3.05, 3.63) is 26.6 Å². The number of aryl methyl sites for hydroxylation is 2. The quantitative estimate of drug-likeness (QED) is 0.709. The molecule has 0 N–H and O–H groups in total. The molecule has 0 unspecified atom stereocenters. The van der Waals surface area contributed by atoms with E-state index in [9.17, 15) is 9.59 Å². The SMILES string of the molecule is CCCN(CCC)C(=O)Cn1c(CN(C)C)nc2sc(C)c(C)c2c1=O. The number of carbonyl (C=O) groups is 1. The van der Waals surface area contributed by atoms with Crippen molar-refractivity contribution < 1.29 is 4.79 Å². The molecule has 2 heterocycles. The van der Waals surface area contributed by atoms with Crippen LogP contribution in [0.4, 0.5) is 0 Å². The van der Waals surface area contributed by atoms with Crippen LogP contribution in [0.1, 0.15) is 43.0 Å². The first kappa shape index (κ1) is 20.6. The molecule has 0 bridgehead atoms. The monoisotopic (exact) mass is 378 g/mol. The summed E-state index contributed by atoms with van der Waals surface area (Å²) in [7, 11) is 3.88. The average molecular weight is 379 g/mol. The third-order valence-electron chi connectivity index (χ3n) is 4.46. The van der Waals surface area contributed by atoms with E-state index in [0.717, 1.165) is 41.2 Å². The molecule has 0 aliphatic heterocycles. The van der Waals surface area contributed by atoms with Crippen molar-refractivity contribution in [3.8, 4) is 0 Å². The minimum atomic E-state index is -0.102. The van der Waals surface area contributed by atoms with Gasteiger partial charge in [0.1, 0.15) is 17.2 Å². The number of aromatic nitrogens is 2. The molecule has 0 aliphatic carbocycles. The van der Waals surface area contributed by atoms with Gasteiger partial charge < -0.3 is 9.80 Å². The Bertz CT molecular complexity index is 832. The van der Waals surface area contributed by atoms with Gasteiger partial charge in [0.15, 0.2) is 0 Å². The summed E-state index contributed by atoms with van der Waals surface area (Å²) in [6.07, 6.45) is 1.82. The van der Waals surface area contributed by atoms with Gasteiger partial charge in [0.05, 0.1) is 11.9 Å². The Kier molecular flexibility index (Phi) is 6.94. The van der Waals surface area contributed by atoms with E-state index < -0.39 is 0 Å². The Labute approximate surface area is 159 Å². The maximum Gasteiger partial charge on any atom is 0.263 e. The van der Waals surface area contributed by atoms with E-state index >= 15 is 0 Å². The number of fused-ring (bicyclic) bond motifs is 1. The molecule has 0 atom stereocenters. The Morgan fingerprint density at radius 1 is 1.15 bits per heavy atom. The predicted molar refractivity (Wildman–Crippen MR) is 108 cm³/mol. The lowest BCUT2D eigenvalue weighted by atomic mass is 10.2.